The molecule has 1 aliphatic rings. The van der Waals surface area contributed by atoms with Gasteiger partial charge >= 0.3 is 0 Å². The zero-order valence-electron chi connectivity index (χ0n) is 15.7. The maximum atomic E-state index is 12.0. The molecule has 146 valence electrons. The quantitative estimate of drug-likeness (QED) is 0.526. The van der Waals surface area contributed by atoms with E-state index in [0.717, 1.165) is 29.7 Å². The van der Waals surface area contributed by atoms with Gasteiger partial charge in [-0.25, -0.2) is 4.52 Å². The van der Waals surface area contributed by atoms with Gasteiger partial charge in [-0.05, 0) is 48.7 Å². The highest BCUT2D eigenvalue weighted by molar-refractivity contribution is 5.93. The fourth-order valence-electron chi connectivity index (χ4n) is 3.16. The number of ether oxygens (including phenoxy) is 1. The summed E-state index contributed by atoms with van der Waals surface area (Å²) in [5.74, 6) is 1.25. The van der Waals surface area contributed by atoms with Crippen LogP contribution < -0.4 is 10.1 Å². The Kier molecular flexibility index (Phi) is 4.44. The van der Waals surface area contributed by atoms with Crippen molar-refractivity contribution < 1.29 is 9.53 Å². The van der Waals surface area contributed by atoms with Crippen molar-refractivity contribution in [2.24, 2.45) is 5.92 Å². The lowest BCUT2D eigenvalue weighted by atomic mass is 10.1. The lowest BCUT2D eigenvalue weighted by molar-refractivity contribution is -0.117. The normalized spacial score (nSPS) is 13.5. The molecule has 1 saturated carbocycles. The van der Waals surface area contributed by atoms with E-state index in [2.05, 4.69) is 20.5 Å². The minimum absolute atomic E-state index is 0.000862. The van der Waals surface area contributed by atoms with Crippen LogP contribution in [0.3, 0.4) is 0 Å². The molecule has 3 heterocycles. The van der Waals surface area contributed by atoms with E-state index in [9.17, 15) is 4.79 Å². The average molecular weight is 388 g/mol. The van der Waals surface area contributed by atoms with Gasteiger partial charge in [0.15, 0.2) is 5.65 Å². The standard InChI is InChI=1S/C21H20N6O2/c28-20(16-4-5-16)24-21-23-19-18(3-1-12-27(19)25-21)15-6-8-17(9-7-15)29-14-13-26-11-2-10-22-26/h1-3,6-12,16H,4-5,13-14H2,(H,24,25,28). The van der Waals surface area contributed by atoms with Crippen LogP contribution in [0.5, 0.6) is 5.75 Å². The van der Waals surface area contributed by atoms with Crippen molar-refractivity contribution in [3.63, 3.8) is 0 Å². The minimum Gasteiger partial charge on any atom is -0.492 e. The number of benzene rings is 1. The predicted octanol–water partition coefficient (Wildman–Crippen LogP) is 3.02. The number of carbonyl (C=O) groups is 1. The van der Waals surface area contributed by atoms with Gasteiger partial charge < -0.3 is 4.74 Å². The van der Waals surface area contributed by atoms with Gasteiger partial charge in [0.1, 0.15) is 12.4 Å². The van der Waals surface area contributed by atoms with Crippen molar-refractivity contribution in [1.29, 1.82) is 0 Å². The first-order chi connectivity index (χ1) is 14.3. The molecule has 0 bridgehead atoms. The number of pyridine rings is 1. The summed E-state index contributed by atoms with van der Waals surface area (Å²) in [6, 6.07) is 13.7. The molecule has 0 saturated heterocycles. The smallest absolute Gasteiger partial charge is 0.249 e. The lowest BCUT2D eigenvalue weighted by Gasteiger charge is -2.08. The molecule has 5 rings (SSSR count). The van der Waals surface area contributed by atoms with Crippen LogP contribution in [-0.2, 0) is 11.3 Å². The number of hydrogen-bond acceptors (Lipinski definition) is 5. The number of fused-ring (bicyclic) bond motifs is 1. The largest absolute Gasteiger partial charge is 0.492 e. The number of carbonyl (C=O) groups excluding carboxylic acids is 1. The number of nitrogens with one attached hydrogen (secondary N) is 1. The first-order valence-corrected chi connectivity index (χ1v) is 9.63. The Balaban J connectivity index is 1.31. The third-order valence-electron chi connectivity index (χ3n) is 4.86. The van der Waals surface area contributed by atoms with Gasteiger partial charge in [0.05, 0.1) is 6.54 Å². The SMILES string of the molecule is O=C(Nc1nc2c(-c3ccc(OCCn4cccn4)cc3)cccn2n1)C1CC1. The molecule has 1 aliphatic carbocycles. The summed E-state index contributed by atoms with van der Waals surface area (Å²) in [7, 11) is 0. The van der Waals surface area contributed by atoms with Crippen LogP contribution in [-0.4, -0.2) is 36.9 Å². The molecule has 0 spiro atoms. The average Bonchev–Trinajstić information content (AvgIpc) is 3.31. The van der Waals surface area contributed by atoms with Gasteiger partial charge in [0.2, 0.25) is 11.9 Å². The van der Waals surface area contributed by atoms with Gasteiger partial charge in [0.25, 0.3) is 0 Å². The molecule has 0 aliphatic heterocycles. The summed E-state index contributed by atoms with van der Waals surface area (Å²) < 4.78 is 9.31. The molecule has 8 heteroatoms. The Hall–Kier alpha value is -3.68. The number of amides is 1. The van der Waals surface area contributed by atoms with E-state index >= 15 is 0 Å². The zero-order valence-corrected chi connectivity index (χ0v) is 15.7. The van der Waals surface area contributed by atoms with E-state index in [1.54, 1.807) is 10.7 Å². The summed E-state index contributed by atoms with van der Waals surface area (Å²) in [5, 5.41) is 11.3. The minimum atomic E-state index is -0.000862. The fraction of sp³-hybridized carbons (Fsp3) is 0.238. The highest BCUT2D eigenvalue weighted by Crippen LogP contribution is 2.30. The zero-order chi connectivity index (χ0) is 19.6. The van der Waals surface area contributed by atoms with Crippen molar-refractivity contribution in [1.82, 2.24) is 24.4 Å². The van der Waals surface area contributed by atoms with Gasteiger partial charge in [-0.3, -0.25) is 14.8 Å². The summed E-state index contributed by atoms with van der Waals surface area (Å²) in [5.41, 5.74) is 2.64. The molecule has 8 nitrogen and oxygen atoms in total. The van der Waals surface area contributed by atoms with Crippen LogP contribution in [0.2, 0.25) is 0 Å². The molecule has 29 heavy (non-hydrogen) atoms. The number of nitrogens with zero attached hydrogens (tertiary/aromatic N) is 5. The number of rotatable bonds is 7. The van der Waals surface area contributed by atoms with Gasteiger partial charge in [-0.15, -0.1) is 5.10 Å². The third kappa shape index (κ3) is 3.82. The molecular weight excluding hydrogens is 368 g/mol. The predicted molar refractivity (Wildman–Crippen MR) is 107 cm³/mol. The van der Waals surface area contributed by atoms with Crippen molar-refractivity contribution in [2.45, 2.75) is 19.4 Å². The summed E-state index contributed by atoms with van der Waals surface area (Å²) in [6.45, 7) is 1.24. The van der Waals surface area contributed by atoms with E-state index in [1.807, 2.05) is 59.5 Å². The van der Waals surface area contributed by atoms with E-state index in [-0.39, 0.29) is 11.8 Å². The molecule has 1 N–H and O–H groups in total. The molecule has 0 atom stereocenters. The molecule has 3 aromatic heterocycles. The monoisotopic (exact) mass is 388 g/mol. The highest BCUT2D eigenvalue weighted by Gasteiger charge is 2.30. The maximum Gasteiger partial charge on any atom is 0.249 e. The first-order valence-electron chi connectivity index (χ1n) is 9.63. The summed E-state index contributed by atoms with van der Waals surface area (Å²) in [6.07, 6.45) is 7.38. The highest BCUT2D eigenvalue weighted by atomic mass is 16.5. The van der Waals surface area contributed by atoms with Crippen LogP contribution >= 0.6 is 0 Å². The van der Waals surface area contributed by atoms with E-state index in [4.69, 9.17) is 4.74 Å². The van der Waals surface area contributed by atoms with Crippen LogP contribution in [0.4, 0.5) is 5.95 Å². The maximum absolute atomic E-state index is 12.0. The number of aromatic nitrogens is 5. The Bertz CT molecular complexity index is 1130. The van der Waals surface area contributed by atoms with Crippen LogP contribution in [0.1, 0.15) is 12.8 Å². The molecule has 0 radical (unpaired) electrons. The fourth-order valence-corrected chi connectivity index (χ4v) is 3.16. The number of hydrogen-bond donors (Lipinski definition) is 1. The molecular formula is C21H20N6O2. The van der Waals surface area contributed by atoms with Crippen molar-refractivity contribution >= 4 is 17.5 Å². The molecule has 4 aromatic rings. The van der Waals surface area contributed by atoms with Crippen molar-refractivity contribution in [3.8, 4) is 16.9 Å². The van der Waals surface area contributed by atoms with Crippen molar-refractivity contribution in [2.75, 3.05) is 11.9 Å². The Morgan fingerprint density at radius 3 is 2.76 bits per heavy atom. The van der Waals surface area contributed by atoms with E-state index < -0.39 is 0 Å². The van der Waals surface area contributed by atoms with Crippen LogP contribution in [0.25, 0.3) is 16.8 Å². The van der Waals surface area contributed by atoms with Crippen LogP contribution in [0.15, 0.2) is 61.1 Å². The summed E-state index contributed by atoms with van der Waals surface area (Å²) in [4.78, 5) is 16.5. The first kappa shape index (κ1) is 17.4. The van der Waals surface area contributed by atoms with E-state index in [1.165, 1.54) is 0 Å². The van der Waals surface area contributed by atoms with E-state index in [0.29, 0.717) is 24.7 Å². The van der Waals surface area contributed by atoms with Crippen molar-refractivity contribution in [3.05, 3.63) is 61.1 Å². The third-order valence-corrected chi connectivity index (χ3v) is 4.86. The van der Waals surface area contributed by atoms with Gasteiger partial charge in [-0.1, -0.05) is 12.1 Å². The van der Waals surface area contributed by atoms with Gasteiger partial charge in [-0.2, -0.15) is 10.1 Å². The van der Waals surface area contributed by atoms with Crippen LogP contribution in [0, 0.1) is 5.92 Å². The lowest BCUT2D eigenvalue weighted by Crippen LogP contribution is -2.14. The molecule has 1 amide bonds. The number of anilines is 1. The van der Waals surface area contributed by atoms with Gasteiger partial charge in [0, 0.05) is 30.1 Å². The Labute approximate surface area is 167 Å². The summed E-state index contributed by atoms with van der Waals surface area (Å²) >= 11 is 0. The second-order valence-electron chi connectivity index (χ2n) is 7.03. The topological polar surface area (TPSA) is 86.3 Å². The second kappa shape index (κ2) is 7.38. The molecule has 1 aromatic carbocycles. The molecule has 0 unspecified atom stereocenters. The Morgan fingerprint density at radius 2 is 2.00 bits per heavy atom. The molecule has 1 fully saturated rings. The second-order valence-corrected chi connectivity index (χ2v) is 7.03. The Morgan fingerprint density at radius 1 is 1.14 bits per heavy atom.